The summed E-state index contributed by atoms with van der Waals surface area (Å²) in [5.74, 6) is 0.533. The molecule has 1 aliphatic rings. The molecule has 148 valence electrons. The summed E-state index contributed by atoms with van der Waals surface area (Å²) in [7, 11) is 0. The predicted octanol–water partition coefficient (Wildman–Crippen LogP) is 4.72. The largest absolute Gasteiger partial charge is 0.478 e. The van der Waals surface area contributed by atoms with Gasteiger partial charge in [0.15, 0.2) is 6.10 Å². The van der Waals surface area contributed by atoms with Crippen LogP contribution in [-0.2, 0) is 11.3 Å². The maximum atomic E-state index is 12.7. The first-order valence-corrected chi connectivity index (χ1v) is 9.86. The molecule has 30 heavy (non-hydrogen) atoms. The lowest BCUT2D eigenvalue weighted by Gasteiger charge is -2.26. The number of benzene rings is 3. The first kappa shape index (κ1) is 18.4. The predicted molar refractivity (Wildman–Crippen MR) is 114 cm³/mol. The number of ether oxygens (including phenoxy) is 1. The van der Waals surface area contributed by atoms with Crippen LogP contribution in [-0.4, -0.2) is 20.9 Å². The Balaban J connectivity index is 1.49. The van der Waals surface area contributed by atoms with E-state index < -0.39 is 0 Å². The number of nitrogens with one attached hydrogen (secondary N) is 1. The smallest absolute Gasteiger partial charge is 0.246 e. The van der Waals surface area contributed by atoms with Crippen molar-refractivity contribution in [2.45, 2.75) is 12.6 Å². The number of nitrogens with zero attached hydrogens (tertiary/aromatic N) is 3. The minimum atomic E-state index is -0.385. The fraction of sp³-hybridized carbons (Fsp3) is 0.0870. The van der Waals surface area contributed by atoms with E-state index in [2.05, 4.69) is 15.6 Å². The van der Waals surface area contributed by atoms with Crippen molar-refractivity contribution in [3.63, 3.8) is 0 Å². The average molecular weight is 417 g/mol. The SMILES string of the molecule is O=C(Cn1nnc2c1-c1ccccc1O[C@H]2c1ccccc1)Nc1ccc(Cl)cc1. The van der Waals surface area contributed by atoms with Crippen LogP contribution in [0.4, 0.5) is 5.69 Å². The van der Waals surface area contributed by atoms with E-state index in [0.717, 1.165) is 22.6 Å². The third kappa shape index (κ3) is 3.42. The molecule has 1 aliphatic heterocycles. The topological polar surface area (TPSA) is 69.0 Å². The highest BCUT2D eigenvalue weighted by atomic mass is 35.5. The van der Waals surface area contributed by atoms with Crippen LogP contribution >= 0.6 is 11.6 Å². The van der Waals surface area contributed by atoms with E-state index in [1.54, 1.807) is 28.9 Å². The van der Waals surface area contributed by atoms with Crippen LogP contribution in [0.5, 0.6) is 5.75 Å². The van der Waals surface area contributed by atoms with Crippen LogP contribution < -0.4 is 10.1 Å². The number of hydrogen-bond donors (Lipinski definition) is 1. The molecule has 0 bridgehead atoms. The molecule has 2 heterocycles. The second kappa shape index (κ2) is 7.65. The maximum Gasteiger partial charge on any atom is 0.246 e. The van der Waals surface area contributed by atoms with Gasteiger partial charge in [-0.2, -0.15) is 0 Å². The highest BCUT2D eigenvalue weighted by Gasteiger charge is 2.33. The molecule has 1 amide bonds. The molecule has 4 aromatic rings. The van der Waals surface area contributed by atoms with Crippen molar-refractivity contribution in [2.75, 3.05) is 5.32 Å². The number of hydrogen-bond acceptors (Lipinski definition) is 4. The van der Waals surface area contributed by atoms with Crippen molar-refractivity contribution < 1.29 is 9.53 Å². The summed E-state index contributed by atoms with van der Waals surface area (Å²) >= 11 is 5.91. The molecule has 5 rings (SSSR count). The standard InChI is InChI=1S/C23H17ClN4O2/c24-16-10-12-17(13-11-16)25-20(29)14-28-22-18-8-4-5-9-19(18)30-23(21(22)26-27-28)15-6-2-1-3-7-15/h1-13,23H,14H2,(H,25,29)/t23-/m0/s1. The van der Waals surface area contributed by atoms with Gasteiger partial charge in [-0.3, -0.25) is 4.79 Å². The fourth-order valence-electron chi connectivity index (χ4n) is 3.56. The summed E-state index contributed by atoms with van der Waals surface area (Å²) in [5, 5.41) is 12.1. The normalized spacial score (nSPS) is 14.4. The van der Waals surface area contributed by atoms with Crippen molar-refractivity contribution in [2.24, 2.45) is 0 Å². The summed E-state index contributed by atoms with van der Waals surface area (Å²) < 4.78 is 7.86. The highest BCUT2D eigenvalue weighted by molar-refractivity contribution is 6.30. The van der Waals surface area contributed by atoms with Crippen LogP contribution in [0.1, 0.15) is 17.4 Å². The number of carbonyl (C=O) groups is 1. The monoisotopic (exact) mass is 416 g/mol. The van der Waals surface area contributed by atoms with Gasteiger partial charge in [-0.05, 0) is 42.0 Å². The Labute approximate surface area is 178 Å². The van der Waals surface area contributed by atoms with Crippen LogP contribution in [0.15, 0.2) is 78.9 Å². The van der Waals surface area contributed by atoms with Gasteiger partial charge >= 0.3 is 0 Å². The Kier molecular flexibility index (Phi) is 4.69. The van der Waals surface area contributed by atoms with Gasteiger partial charge in [0.25, 0.3) is 0 Å². The Bertz CT molecular complexity index is 1210. The van der Waals surface area contributed by atoms with Gasteiger partial charge in [0.1, 0.15) is 23.7 Å². The highest BCUT2D eigenvalue weighted by Crippen LogP contribution is 2.43. The molecule has 1 atom stereocenters. The van der Waals surface area contributed by atoms with Crippen LogP contribution in [0, 0.1) is 0 Å². The number of halogens is 1. The van der Waals surface area contributed by atoms with Gasteiger partial charge in [0.2, 0.25) is 5.91 Å². The summed E-state index contributed by atoms with van der Waals surface area (Å²) in [6, 6.07) is 24.6. The van der Waals surface area contributed by atoms with Crippen molar-refractivity contribution in [3.8, 4) is 17.0 Å². The molecule has 0 saturated heterocycles. The zero-order valence-electron chi connectivity index (χ0n) is 15.8. The molecule has 0 spiro atoms. The Morgan fingerprint density at radius 1 is 1.00 bits per heavy atom. The maximum absolute atomic E-state index is 12.7. The molecule has 7 heteroatoms. The van der Waals surface area contributed by atoms with E-state index >= 15 is 0 Å². The minimum Gasteiger partial charge on any atom is -0.478 e. The van der Waals surface area contributed by atoms with Gasteiger partial charge in [-0.1, -0.05) is 59.3 Å². The number of amides is 1. The molecule has 0 unspecified atom stereocenters. The molecule has 1 aromatic heterocycles. The summed E-state index contributed by atoms with van der Waals surface area (Å²) in [6.45, 7) is 0.0286. The first-order valence-electron chi connectivity index (χ1n) is 9.49. The van der Waals surface area contributed by atoms with E-state index in [4.69, 9.17) is 16.3 Å². The molecule has 0 aliphatic carbocycles. The Hall–Kier alpha value is -3.64. The zero-order valence-corrected chi connectivity index (χ0v) is 16.6. The van der Waals surface area contributed by atoms with E-state index in [1.165, 1.54) is 0 Å². The number of aromatic nitrogens is 3. The number of rotatable bonds is 4. The summed E-state index contributed by atoms with van der Waals surface area (Å²) in [5.41, 5.74) is 4.00. The lowest BCUT2D eigenvalue weighted by Crippen LogP contribution is -2.21. The summed E-state index contributed by atoms with van der Waals surface area (Å²) in [4.78, 5) is 12.7. The Morgan fingerprint density at radius 2 is 1.73 bits per heavy atom. The van der Waals surface area contributed by atoms with Gasteiger partial charge in [0.05, 0.1) is 0 Å². The van der Waals surface area contributed by atoms with Gasteiger partial charge < -0.3 is 10.1 Å². The zero-order chi connectivity index (χ0) is 20.5. The molecule has 0 radical (unpaired) electrons. The second-order valence-electron chi connectivity index (χ2n) is 6.94. The third-order valence-corrected chi connectivity index (χ3v) is 5.17. The number of anilines is 1. The fourth-order valence-corrected chi connectivity index (χ4v) is 3.69. The third-order valence-electron chi connectivity index (χ3n) is 4.92. The van der Waals surface area contributed by atoms with Crippen LogP contribution in [0.3, 0.4) is 0 Å². The lowest BCUT2D eigenvalue weighted by atomic mass is 9.98. The number of para-hydroxylation sites is 1. The molecule has 0 saturated carbocycles. The molecule has 1 N–H and O–H groups in total. The lowest BCUT2D eigenvalue weighted by molar-refractivity contribution is -0.116. The molecular formula is C23H17ClN4O2. The van der Waals surface area contributed by atoms with Crippen molar-refractivity contribution in [3.05, 3.63) is 95.1 Å². The summed E-state index contributed by atoms with van der Waals surface area (Å²) in [6.07, 6.45) is -0.385. The quantitative estimate of drug-likeness (QED) is 0.522. The average Bonchev–Trinajstić information content (AvgIpc) is 3.19. The van der Waals surface area contributed by atoms with Crippen molar-refractivity contribution >= 4 is 23.2 Å². The van der Waals surface area contributed by atoms with Crippen LogP contribution in [0.2, 0.25) is 5.02 Å². The van der Waals surface area contributed by atoms with Crippen LogP contribution in [0.25, 0.3) is 11.3 Å². The van der Waals surface area contributed by atoms with E-state index in [9.17, 15) is 4.79 Å². The van der Waals surface area contributed by atoms with Gasteiger partial charge in [0, 0.05) is 16.3 Å². The Morgan fingerprint density at radius 3 is 2.53 bits per heavy atom. The number of carbonyl (C=O) groups excluding carboxylic acids is 1. The van der Waals surface area contributed by atoms with Gasteiger partial charge in [-0.25, -0.2) is 4.68 Å². The second-order valence-corrected chi connectivity index (χ2v) is 7.38. The van der Waals surface area contributed by atoms with E-state index in [0.29, 0.717) is 16.4 Å². The van der Waals surface area contributed by atoms with Gasteiger partial charge in [-0.15, -0.1) is 5.10 Å². The van der Waals surface area contributed by atoms with E-state index in [1.807, 2.05) is 54.6 Å². The molecule has 3 aromatic carbocycles. The van der Waals surface area contributed by atoms with Crippen molar-refractivity contribution in [1.29, 1.82) is 0 Å². The van der Waals surface area contributed by atoms with Crippen molar-refractivity contribution in [1.82, 2.24) is 15.0 Å². The molecule has 0 fully saturated rings. The molecule has 6 nitrogen and oxygen atoms in total. The molecular weight excluding hydrogens is 400 g/mol. The van der Waals surface area contributed by atoms with E-state index in [-0.39, 0.29) is 18.6 Å². The first-order chi connectivity index (χ1) is 14.7. The number of fused-ring (bicyclic) bond motifs is 3. The minimum absolute atomic E-state index is 0.0286.